The van der Waals surface area contributed by atoms with Crippen molar-refractivity contribution < 1.29 is 9.53 Å². The highest BCUT2D eigenvalue weighted by atomic mass is 35.5. The summed E-state index contributed by atoms with van der Waals surface area (Å²) >= 11 is 7.14. The molecule has 1 heterocycles. The first kappa shape index (κ1) is 16.1. The maximum Gasteiger partial charge on any atom is 0.266 e. The number of nitrogens with one attached hydrogen (secondary N) is 1. The summed E-state index contributed by atoms with van der Waals surface area (Å²) in [5.74, 6) is 0.0778. The lowest BCUT2D eigenvalue weighted by atomic mass is 10.2. The minimum Gasteiger partial charge on any atom is -0.492 e. The Bertz CT molecular complexity index is 747. The van der Waals surface area contributed by atoms with Gasteiger partial charge in [0, 0.05) is 4.88 Å². The Balaban J connectivity index is 2.20. The van der Waals surface area contributed by atoms with Crippen molar-refractivity contribution >= 4 is 40.6 Å². The van der Waals surface area contributed by atoms with Crippen LogP contribution in [0, 0.1) is 11.3 Å². The molecule has 0 saturated heterocycles. The molecule has 0 atom stereocenters. The zero-order valence-corrected chi connectivity index (χ0v) is 13.4. The molecule has 0 aliphatic carbocycles. The lowest BCUT2D eigenvalue weighted by molar-refractivity contribution is -0.112. The summed E-state index contributed by atoms with van der Waals surface area (Å²) in [6.45, 7) is 2.35. The van der Waals surface area contributed by atoms with Crippen LogP contribution in [-0.4, -0.2) is 12.5 Å². The van der Waals surface area contributed by atoms with Crippen LogP contribution in [0.15, 0.2) is 42.0 Å². The molecule has 0 fully saturated rings. The fraction of sp³-hybridized carbons (Fsp3) is 0.125. The molecule has 1 amide bonds. The number of carbonyl (C=O) groups is 1. The second-order valence-corrected chi connectivity index (χ2v) is 5.94. The van der Waals surface area contributed by atoms with Crippen LogP contribution < -0.4 is 10.1 Å². The summed E-state index contributed by atoms with van der Waals surface area (Å²) in [5.41, 5.74) is 0.532. The van der Waals surface area contributed by atoms with Gasteiger partial charge in [0.15, 0.2) is 0 Å². The third kappa shape index (κ3) is 4.10. The molecule has 0 bridgehead atoms. The fourth-order valence-electron chi connectivity index (χ4n) is 1.74. The molecule has 0 radical (unpaired) electrons. The zero-order chi connectivity index (χ0) is 15.9. The van der Waals surface area contributed by atoms with Crippen LogP contribution in [0.1, 0.15) is 11.8 Å². The first-order valence-corrected chi connectivity index (χ1v) is 7.73. The predicted molar refractivity (Wildman–Crippen MR) is 89.2 cm³/mol. The maximum atomic E-state index is 12.2. The summed E-state index contributed by atoms with van der Waals surface area (Å²) in [6, 6.07) is 12.5. The van der Waals surface area contributed by atoms with Gasteiger partial charge in [-0.2, -0.15) is 5.26 Å². The van der Waals surface area contributed by atoms with Crippen LogP contribution >= 0.6 is 22.9 Å². The van der Waals surface area contributed by atoms with Gasteiger partial charge in [-0.25, -0.2) is 0 Å². The third-order valence-corrected chi connectivity index (χ3v) is 3.86. The van der Waals surface area contributed by atoms with E-state index < -0.39 is 5.91 Å². The molecule has 1 aromatic heterocycles. The van der Waals surface area contributed by atoms with Crippen LogP contribution in [0.5, 0.6) is 5.75 Å². The van der Waals surface area contributed by atoms with Crippen LogP contribution in [0.25, 0.3) is 6.08 Å². The number of thiophene rings is 1. The molecule has 4 nitrogen and oxygen atoms in total. The summed E-state index contributed by atoms with van der Waals surface area (Å²) in [4.78, 5) is 13.0. The number of nitriles is 1. The SMILES string of the molecule is CCOc1ccccc1NC(=O)/C(C#N)=C/c1ccc(Cl)s1. The average molecular weight is 333 g/mol. The molecule has 1 aromatic carbocycles. The number of ether oxygens (including phenoxy) is 1. The van der Waals surface area contributed by atoms with Crippen molar-refractivity contribution in [2.75, 3.05) is 11.9 Å². The van der Waals surface area contributed by atoms with Crippen LogP contribution in [-0.2, 0) is 4.79 Å². The summed E-state index contributed by atoms with van der Waals surface area (Å²) in [7, 11) is 0. The van der Waals surface area contributed by atoms with E-state index in [2.05, 4.69) is 5.32 Å². The zero-order valence-electron chi connectivity index (χ0n) is 11.8. The Morgan fingerprint density at radius 2 is 2.18 bits per heavy atom. The molecule has 0 aliphatic heterocycles. The first-order chi connectivity index (χ1) is 10.6. The van der Waals surface area contributed by atoms with Gasteiger partial charge in [-0.05, 0) is 37.3 Å². The van der Waals surface area contributed by atoms with E-state index in [0.29, 0.717) is 22.4 Å². The second-order valence-electron chi connectivity index (χ2n) is 4.19. The van der Waals surface area contributed by atoms with E-state index in [4.69, 9.17) is 16.3 Å². The van der Waals surface area contributed by atoms with E-state index in [9.17, 15) is 10.1 Å². The van der Waals surface area contributed by atoms with Gasteiger partial charge in [0.1, 0.15) is 17.4 Å². The molecular weight excluding hydrogens is 320 g/mol. The average Bonchev–Trinajstić information content (AvgIpc) is 2.92. The third-order valence-electron chi connectivity index (χ3n) is 2.68. The van der Waals surface area contributed by atoms with Crippen molar-refractivity contribution in [3.05, 3.63) is 51.2 Å². The molecule has 0 aliphatic rings. The monoisotopic (exact) mass is 332 g/mol. The summed E-state index contributed by atoms with van der Waals surface area (Å²) < 4.78 is 6.04. The van der Waals surface area contributed by atoms with E-state index >= 15 is 0 Å². The van der Waals surface area contributed by atoms with Gasteiger partial charge in [-0.15, -0.1) is 11.3 Å². The highest BCUT2D eigenvalue weighted by Gasteiger charge is 2.12. The number of benzene rings is 1. The van der Waals surface area contributed by atoms with Gasteiger partial charge in [0.25, 0.3) is 5.91 Å². The smallest absolute Gasteiger partial charge is 0.266 e. The van der Waals surface area contributed by atoms with Crippen molar-refractivity contribution in [1.82, 2.24) is 0 Å². The number of carbonyl (C=O) groups excluding carboxylic acids is 1. The van der Waals surface area contributed by atoms with E-state index in [-0.39, 0.29) is 5.57 Å². The molecule has 112 valence electrons. The minimum atomic E-state index is -0.487. The number of amides is 1. The molecule has 0 spiro atoms. The molecular formula is C16H13ClN2O2S. The number of rotatable bonds is 5. The van der Waals surface area contributed by atoms with Crippen molar-refractivity contribution in [3.63, 3.8) is 0 Å². The molecule has 1 N–H and O–H groups in total. The molecule has 22 heavy (non-hydrogen) atoms. The lowest BCUT2D eigenvalue weighted by Gasteiger charge is -2.10. The quantitative estimate of drug-likeness (QED) is 0.654. The second kappa shape index (κ2) is 7.64. The van der Waals surface area contributed by atoms with Crippen molar-refractivity contribution in [2.45, 2.75) is 6.92 Å². The van der Waals surface area contributed by atoms with Crippen molar-refractivity contribution in [2.24, 2.45) is 0 Å². The van der Waals surface area contributed by atoms with Gasteiger partial charge in [-0.1, -0.05) is 23.7 Å². The van der Waals surface area contributed by atoms with E-state index in [1.807, 2.05) is 19.1 Å². The van der Waals surface area contributed by atoms with Gasteiger partial charge in [-0.3, -0.25) is 4.79 Å². The highest BCUT2D eigenvalue weighted by Crippen LogP contribution is 2.26. The number of nitrogens with zero attached hydrogens (tertiary/aromatic N) is 1. The van der Waals surface area contributed by atoms with E-state index in [1.165, 1.54) is 17.4 Å². The van der Waals surface area contributed by atoms with E-state index in [1.54, 1.807) is 30.3 Å². The van der Waals surface area contributed by atoms with Crippen LogP contribution in [0.3, 0.4) is 0 Å². The highest BCUT2D eigenvalue weighted by molar-refractivity contribution is 7.17. The lowest BCUT2D eigenvalue weighted by Crippen LogP contribution is -2.14. The van der Waals surface area contributed by atoms with Crippen LogP contribution in [0.2, 0.25) is 4.34 Å². The van der Waals surface area contributed by atoms with Gasteiger partial charge < -0.3 is 10.1 Å². The number of para-hydroxylation sites is 2. The number of hydrogen-bond acceptors (Lipinski definition) is 4. The number of anilines is 1. The topological polar surface area (TPSA) is 62.1 Å². The molecule has 0 saturated carbocycles. The predicted octanol–water partition coefficient (Wildman–Crippen LogP) is 4.35. The number of halogens is 1. The Labute approximate surface area is 137 Å². The first-order valence-electron chi connectivity index (χ1n) is 6.54. The molecule has 2 rings (SSSR count). The van der Waals surface area contributed by atoms with Crippen molar-refractivity contribution in [1.29, 1.82) is 5.26 Å². The molecule has 6 heteroatoms. The Morgan fingerprint density at radius 3 is 2.82 bits per heavy atom. The standard InChI is InChI=1S/C16H13ClN2O2S/c1-2-21-14-6-4-3-5-13(14)19-16(20)11(10-18)9-12-7-8-15(17)22-12/h3-9H,2H2,1H3,(H,19,20)/b11-9+. The maximum absolute atomic E-state index is 12.2. The van der Waals surface area contributed by atoms with Gasteiger partial charge >= 0.3 is 0 Å². The molecule has 0 unspecified atom stereocenters. The van der Waals surface area contributed by atoms with Gasteiger partial charge in [0.2, 0.25) is 0 Å². The summed E-state index contributed by atoms with van der Waals surface area (Å²) in [5, 5.41) is 11.9. The minimum absolute atomic E-state index is 0.00446. The Kier molecular flexibility index (Phi) is 5.59. The largest absolute Gasteiger partial charge is 0.492 e. The van der Waals surface area contributed by atoms with Gasteiger partial charge in [0.05, 0.1) is 16.6 Å². The molecule has 2 aromatic rings. The summed E-state index contributed by atoms with van der Waals surface area (Å²) in [6.07, 6.45) is 1.51. The fourth-order valence-corrected chi connectivity index (χ4v) is 2.74. The Hall–Kier alpha value is -2.29. The number of hydrogen-bond donors (Lipinski definition) is 1. The normalized spacial score (nSPS) is 10.9. The van der Waals surface area contributed by atoms with Crippen LogP contribution in [0.4, 0.5) is 5.69 Å². The Morgan fingerprint density at radius 1 is 1.41 bits per heavy atom. The van der Waals surface area contributed by atoms with Crippen molar-refractivity contribution in [3.8, 4) is 11.8 Å². The van der Waals surface area contributed by atoms with E-state index in [0.717, 1.165) is 4.88 Å².